The molecule has 2 aromatic rings. The van der Waals surface area contributed by atoms with E-state index in [-0.39, 0.29) is 17.9 Å². The first-order valence-electron chi connectivity index (χ1n) is 6.87. The lowest BCUT2D eigenvalue weighted by molar-refractivity contribution is 0.540. The Morgan fingerprint density at radius 1 is 1.25 bits per heavy atom. The van der Waals surface area contributed by atoms with Crippen LogP contribution in [0.3, 0.4) is 0 Å². The second-order valence-electron chi connectivity index (χ2n) is 5.30. The van der Waals surface area contributed by atoms with Gasteiger partial charge in [-0.1, -0.05) is 6.07 Å². The Morgan fingerprint density at radius 2 is 2.00 bits per heavy atom. The van der Waals surface area contributed by atoms with E-state index >= 15 is 0 Å². The van der Waals surface area contributed by atoms with E-state index in [0.29, 0.717) is 0 Å². The van der Waals surface area contributed by atoms with Gasteiger partial charge < -0.3 is 10.6 Å². The molecular formula is C16H18FN3. The first-order valence-corrected chi connectivity index (χ1v) is 6.87. The highest BCUT2D eigenvalue weighted by Crippen LogP contribution is 2.36. The van der Waals surface area contributed by atoms with E-state index in [0.717, 1.165) is 24.2 Å². The Morgan fingerprint density at radius 3 is 2.70 bits per heavy atom. The number of hydrogen-bond donors (Lipinski definition) is 1. The number of nitrogens with two attached hydrogens (primary N) is 1. The number of fused-ring (bicyclic) bond motifs is 1. The van der Waals surface area contributed by atoms with Crippen molar-refractivity contribution in [3.05, 3.63) is 59.7 Å². The number of benzene rings is 1. The zero-order valence-corrected chi connectivity index (χ0v) is 11.5. The molecule has 1 aromatic carbocycles. The van der Waals surface area contributed by atoms with Crippen molar-refractivity contribution in [3.63, 3.8) is 0 Å². The molecule has 104 valence electrons. The number of anilines is 1. The van der Waals surface area contributed by atoms with Crippen molar-refractivity contribution in [1.29, 1.82) is 0 Å². The smallest absolute Gasteiger partial charge is 0.125 e. The topological polar surface area (TPSA) is 42.1 Å². The Kier molecular flexibility index (Phi) is 3.40. The number of hydrogen-bond acceptors (Lipinski definition) is 3. The Labute approximate surface area is 118 Å². The van der Waals surface area contributed by atoms with Crippen LogP contribution in [0.25, 0.3) is 0 Å². The maximum absolute atomic E-state index is 13.5. The van der Waals surface area contributed by atoms with Crippen molar-refractivity contribution in [3.8, 4) is 0 Å². The molecule has 3 nitrogen and oxygen atoms in total. The number of pyridine rings is 1. The van der Waals surface area contributed by atoms with Crippen LogP contribution in [0.2, 0.25) is 0 Å². The Bertz CT molecular complexity index is 598. The van der Waals surface area contributed by atoms with Crippen LogP contribution in [-0.2, 0) is 6.42 Å². The molecule has 3 rings (SSSR count). The van der Waals surface area contributed by atoms with E-state index in [1.807, 2.05) is 25.1 Å². The van der Waals surface area contributed by atoms with Crippen molar-refractivity contribution in [1.82, 2.24) is 4.98 Å². The fourth-order valence-electron chi connectivity index (χ4n) is 2.99. The molecule has 1 aliphatic rings. The van der Waals surface area contributed by atoms with E-state index in [1.54, 1.807) is 18.5 Å². The number of halogens is 1. The maximum Gasteiger partial charge on any atom is 0.125 e. The fourth-order valence-corrected chi connectivity index (χ4v) is 2.99. The van der Waals surface area contributed by atoms with Crippen molar-refractivity contribution < 1.29 is 4.39 Å². The van der Waals surface area contributed by atoms with Crippen LogP contribution >= 0.6 is 0 Å². The second-order valence-corrected chi connectivity index (χ2v) is 5.30. The third-order valence-corrected chi connectivity index (χ3v) is 3.86. The van der Waals surface area contributed by atoms with Crippen molar-refractivity contribution in [2.75, 3.05) is 11.4 Å². The van der Waals surface area contributed by atoms with Crippen LogP contribution in [0, 0.1) is 5.82 Å². The van der Waals surface area contributed by atoms with Crippen LogP contribution in [0.15, 0.2) is 42.7 Å². The molecule has 2 atom stereocenters. The third-order valence-electron chi connectivity index (χ3n) is 3.86. The minimum atomic E-state index is -0.200. The summed E-state index contributed by atoms with van der Waals surface area (Å²) in [6.45, 7) is 2.86. The summed E-state index contributed by atoms with van der Waals surface area (Å²) in [6, 6.07) is 8.95. The highest BCUT2D eigenvalue weighted by molar-refractivity contribution is 5.60. The molecule has 0 aliphatic carbocycles. The molecule has 0 spiro atoms. The molecule has 0 saturated carbocycles. The van der Waals surface area contributed by atoms with Gasteiger partial charge in [-0.2, -0.15) is 0 Å². The van der Waals surface area contributed by atoms with Crippen LogP contribution < -0.4 is 10.6 Å². The molecule has 0 fully saturated rings. The van der Waals surface area contributed by atoms with E-state index in [1.165, 1.54) is 11.6 Å². The van der Waals surface area contributed by atoms with Gasteiger partial charge in [-0.25, -0.2) is 4.39 Å². The summed E-state index contributed by atoms with van der Waals surface area (Å²) < 4.78 is 13.5. The molecule has 4 heteroatoms. The minimum Gasteiger partial charge on any atom is -0.362 e. The summed E-state index contributed by atoms with van der Waals surface area (Å²) in [4.78, 5) is 6.26. The number of aromatic nitrogens is 1. The van der Waals surface area contributed by atoms with Crippen LogP contribution in [0.5, 0.6) is 0 Å². The minimum absolute atomic E-state index is 0.0426. The van der Waals surface area contributed by atoms with Gasteiger partial charge in [-0.05, 0) is 48.7 Å². The van der Waals surface area contributed by atoms with Crippen LogP contribution in [0.4, 0.5) is 10.1 Å². The highest BCUT2D eigenvalue weighted by atomic mass is 19.1. The van der Waals surface area contributed by atoms with E-state index in [9.17, 15) is 4.39 Å². The van der Waals surface area contributed by atoms with Crippen LogP contribution in [0.1, 0.15) is 24.1 Å². The molecule has 2 N–H and O–H groups in total. The number of nitrogens with zero attached hydrogens (tertiary/aromatic N) is 2. The second kappa shape index (κ2) is 5.21. The Balaban J connectivity index is 2.01. The molecule has 20 heavy (non-hydrogen) atoms. The lowest BCUT2D eigenvalue weighted by Gasteiger charge is -2.33. The lowest BCUT2D eigenvalue weighted by atomic mass is 10.00. The van der Waals surface area contributed by atoms with Gasteiger partial charge >= 0.3 is 0 Å². The molecule has 1 aromatic heterocycles. The lowest BCUT2D eigenvalue weighted by Crippen LogP contribution is -2.38. The van der Waals surface area contributed by atoms with Gasteiger partial charge in [0.2, 0.25) is 0 Å². The summed E-state index contributed by atoms with van der Waals surface area (Å²) in [5, 5.41) is 0. The predicted molar refractivity (Wildman–Crippen MR) is 78.1 cm³/mol. The molecule has 2 heterocycles. The quantitative estimate of drug-likeness (QED) is 0.933. The van der Waals surface area contributed by atoms with E-state index in [4.69, 9.17) is 5.73 Å². The third kappa shape index (κ3) is 2.27. The summed E-state index contributed by atoms with van der Waals surface area (Å²) in [6.07, 6.45) is 4.48. The molecule has 0 radical (unpaired) electrons. The normalized spacial score (nSPS) is 16.9. The zero-order valence-electron chi connectivity index (χ0n) is 11.5. The molecular weight excluding hydrogens is 253 g/mol. The fraction of sp³-hybridized carbons (Fsp3) is 0.312. The largest absolute Gasteiger partial charge is 0.362 e. The van der Waals surface area contributed by atoms with Gasteiger partial charge in [0.05, 0.1) is 6.04 Å². The van der Waals surface area contributed by atoms with Crippen LogP contribution in [-0.4, -0.2) is 17.6 Å². The predicted octanol–water partition coefficient (Wildman–Crippen LogP) is 2.67. The first-order chi connectivity index (χ1) is 9.66. The molecule has 0 saturated heterocycles. The highest BCUT2D eigenvalue weighted by Gasteiger charge is 2.29. The van der Waals surface area contributed by atoms with Crippen molar-refractivity contribution >= 4 is 5.69 Å². The van der Waals surface area contributed by atoms with Gasteiger partial charge in [0.1, 0.15) is 5.82 Å². The van der Waals surface area contributed by atoms with Gasteiger partial charge in [0, 0.05) is 30.7 Å². The molecule has 2 unspecified atom stereocenters. The van der Waals surface area contributed by atoms with Gasteiger partial charge in [-0.15, -0.1) is 0 Å². The standard InChI is InChI=1S/C16H18FN3/c1-11(18)16(13-4-7-19-8-5-13)20-9-6-12-2-3-14(17)10-15(12)20/h2-5,7-8,10-11,16H,6,9,18H2,1H3. The summed E-state index contributed by atoms with van der Waals surface area (Å²) in [7, 11) is 0. The first kappa shape index (κ1) is 13.1. The summed E-state index contributed by atoms with van der Waals surface area (Å²) >= 11 is 0. The number of rotatable bonds is 3. The van der Waals surface area contributed by atoms with E-state index in [2.05, 4.69) is 9.88 Å². The molecule has 0 bridgehead atoms. The van der Waals surface area contributed by atoms with Gasteiger partial charge in [-0.3, -0.25) is 4.98 Å². The summed E-state index contributed by atoms with van der Waals surface area (Å²) in [5.74, 6) is -0.200. The van der Waals surface area contributed by atoms with Gasteiger partial charge in [0.15, 0.2) is 0 Å². The van der Waals surface area contributed by atoms with Crippen molar-refractivity contribution in [2.24, 2.45) is 5.73 Å². The average molecular weight is 271 g/mol. The average Bonchev–Trinajstić information content (AvgIpc) is 2.83. The van der Waals surface area contributed by atoms with Gasteiger partial charge in [0.25, 0.3) is 0 Å². The SMILES string of the molecule is CC(N)C(c1ccncc1)N1CCc2ccc(F)cc21. The maximum atomic E-state index is 13.5. The monoisotopic (exact) mass is 271 g/mol. The zero-order chi connectivity index (χ0) is 14.1. The molecule has 1 aliphatic heterocycles. The molecule has 0 amide bonds. The Hall–Kier alpha value is -1.94. The summed E-state index contributed by atoms with van der Waals surface area (Å²) in [5.41, 5.74) is 9.45. The van der Waals surface area contributed by atoms with Crippen molar-refractivity contribution in [2.45, 2.75) is 25.4 Å². The van der Waals surface area contributed by atoms with E-state index < -0.39 is 0 Å².